The molecule has 3 nitrogen and oxygen atoms in total. The molecule has 2 aliphatic carbocycles. The van der Waals surface area contributed by atoms with Gasteiger partial charge in [0, 0.05) is 12.0 Å². The van der Waals surface area contributed by atoms with Crippen molar-refractivity contribution in [3.8, 4) is 0 Å². The van der Waals surface area contributed by atoms with Crippen molar-refractivity contribution >= 4 is 5.97 Å². The van der Waals surface area contributed by atoms with Crippen LogP contribution in [0, 0.1) is 17.2 Å². The van der Waals surface area contributed by atoms with Crippen molar-refractivity contribution in [2.45, 2.75) is 38.4 Å². The fourth-order valence-corrected chi connectivity index (χ4v) is 4.49. The van der Waals surface area contributed by atoms with E-state index in [1.54, 1.807) is 19.1 Å². The van der Waals surface area contributed by atoms with Crippen LogP contribution in [0.2, 0.25) is 0 Å². The number of carbonyl (C=O) groups is 1. The molecule has 0 saturated heterocycles. The minimum atomic E-state index is -4.45. The van der Waals surface area contributed by atoms with Crippen LogP contribution in [0.3, 0.4) is 0 Å². The monoisotopic (exact) mass is 411 g/mol. The maximum absolute atomic E-state index is 14.6. The smallest absolute Gasteiger partial charge is 0.398 e. The average Bonchev–Trinajstić information content (AvgIpc) is 2.99. The summed E-state index contributed by atoms with van der Waals surface area (Å²) in [5.41, 5.74) is -1.09. The number of esters is 1. The summed E-state index contributed by atoms with van der Waals surface area (Å²) in [6.07, 6.45) is 1.76. The molecular weight excluding hydrogens is 386 g/mol. The molecule has 0 fully saturated rings. The third kappa shape index (κ3) is 3.61. The first-order chi connectivity index (χ1) is 13.5. The molecule has 0 radical (unpaired) electrons. The standard InChI is InChI=1S/C22H25F4NO2/c1-5-29-20(28)16-10-13-14(12-19(27(3)4)15(13)11-18(16)23)17-8-6-7-9-21(17,2)22(24,25)26/h6-11,14,17,19H,5,12H2,1-4H3/t14-,17?,19?,21?/m0/s1. The van der Waals surface area contributed by atoms with Gasteiger partial charge in [0.2, 0.25) is 0 Å². The van der Waals surface area contributed by atoms with Gasteiger partial charge in [-0.2, -0.15) is 13.2 Å². The summed E-state index contributed by atoms with van der Waals surface area (Å²) >= 11 is 0. The van der Waals surface area contributed by atoms with E-state index in [2.05, 4.69) is 0 Å². The van der Waals surface area contributed by atoms with Crippen LogP contribution >= 0.6 is 0 Å². The van der Waals surface area contributed by atoms with Crippen molar-refractivity contribution in [3.05, 3.63) is 58.9 Å². The fourth-order valence-electron chi connectivity index (χ4n) is 4.49. The van der Waals surface area contributed by atoms with Crippen LogP contribution in [0.5, 0.6) is 0 Å². The maximum atomic E-state index is 14.6. The molecular formula is C22H25F4NO2. The van der Waals surface area contributed by atoms with Crippen LogP contribution < -0.4 is 0 Å². The first-order valence-corrected chi connectivity index (χ1v) is 9.61. The molecule has 3 unspecified atom stereocenters. The van der Waals surface area contributed by atoms with Gasteiger partial charge >= 0.3 is 12.1 Å². The van der Waals surface area contributed by atoms with E-state index in [-0.39, 0.29) is 18.2 Å². The Morgan fingerprint density at radius 1 is 1.24 bits per heavy atom. The molecule has 0 N–H and O–H groups in total. The Labute approximate surface area is 168 Å². The van der Waals surface area contributed by atoms with Crippen LogP contribution in [0.1, 0.15) is 53.7 Å². The Balaban J connectivity index is 2.14. The van der Waals surface area contributed by atoms with Gasteiger partial charge in [0.15, 0.2) is 0 Å². The predicted molar refractivity (Wildman–Crippen MR) is 102 cm³/mol. The van der Waals surface area contributed by atoms with E-state index in [0.717, 1.165) is 0 Å². The highest BCUT2D eigenvalue weighted by Crippen LogP contribution is 2.57. The highest BCUT2D eigenvalue weighted by Gasteiger charge is 2.57. The van der Waals surface area contributed by atoms with E-state index in [4.69, 9.17) is 4.74 Å². The number of hydrogen-bond acceptors (Lipinski definition) is 3. The van der Waals surface area contributed by atoms with Crippen molar-refractivity contribution < 1.29 is 27.1 Å². The minimum absolute atomic E-state index is 0.0847. The molecule has 2 aliphatic rings. The predicted octanol–water partition coefficient (Wildman–Crippen LogP) is 5.40. The molecule has 4 atom stereocenters. The Hall–Kier alpha value is -2.15. The highest BCUT2D eigenvalue weighted by atomic mass is 19.4. The molecule has 1 aromatic rings. The lowest BCUT2D eigenvalue weighted by Gasteiger charge is -2.40. The van der Waals surface area contributed by atoms with Gasteiger partial charge in [-0.25, -0.2) is 9.18 Å². The number of nitrogens with zero attached hydrogens (tertiary/aromatic N) is 1. The molecule has 29 heavy (non-hydrogen) atoms. The molecule has 0 bridgehead atoms. The van der Waals surface area contributed by atoms with Crippen LogP contribution in [0.25, 0.3) is 0 Å². The van der Waals surface area contributed by atoms with Crippen LogP contribution in [-0.2, 0) is 4.74 Å². The van der Waals surface area contributed by atoms with E-state index >= 15 is 0 Å². The second kappa shape index (κ2) is 7.59. The van der Waals surface area contributed by atoms with Gasteiger partial charge < -0.3 is 9.64 Å². The summed E-state index contributed by atoms with van der Waals surface area (Å²) in [6.45, 7) is 2.89. The van der Waals surface area contributed by atoms with Gasteiger partial charge in [0.25, 0.3) is 0 Å². The van der Waals surface area contributed by atoms with E-state index in [9.17, 15) is 22.4 Å². The Bertz CT molecular complexity index is 859. The number of allylic oxidation sites excluding steroid dienone is 4. The number of fused-ring (bicyclic) bond motifs is 1. The van der Waals surface area contributed by atoms with Crippen LogP contribution in [0.4, 0.5) is 17.6 Å². The lowest BCUT2D eigenvalue weighted by atomic mass is 9.66. The Morgan fingerprint density at radius 3 is 2.52 bits per heavy atom. The van der Waals surface area contributed by atoms with Gasteiger partial charge in [-0.05, 0) is 63.5 Å². The van der Waals surface area contributed by atoms with Gasteiger partial charge in [-0.1, -0.05) is 24.3 Å². The molecule has 0 amide bonds. The molecule has 0 aromatic heterocycles. The number of carbonyl (C=O) groups excluding carboxylic acids is 1. The van der Waals surface area contributed by atoms with Gasteiger partial charge in [-0.15, -0.1) is 0 Å². The number of ether oxygens (including phenoxy) is 1. The third-order valence-electron chi connectivity index (χ3n) is 6.14. The summed E-state index contributed by atoms with van der Waals surface area (Å²) in [7, 11) is 3.63. The second-order valence-electron chi connectivity index (χ2n) is 8.05. The number of halogens is 4. The fraction of sp³-hybridized carbons (Fsp3) is 0.500. The molecule has 1 aromatic carbocycles. The number of hydrogen-bond donors (Lipinski definition) is 0. The Morgan fingerprint density at radius 2 is 1.93 bits per heavy atom. The minimum Gasteiger partial charge on any atom is -0.462 e. The lowest BCUT2D eigenvalue weighted by Crippen LogP contribution is -2.42. The SMILES string of the molecule is CCOC(=O)c1cc2c(cc1F)C(N(C)C)C[C@@H]2C1C=CC=CC1(C)C(F)(F)F. The van der Waals surface area contributed by atoms with E-state index in [1.165, 1.54) is 31.2 Å². The highest BCUT2D eigenvalue weighted by molar-refractivity contribution is 5.90. The molecule has 0 aliphatic heterocycles. The van der Waals surface area contributed by atoms with Crippen LogP contribution in [0.15, 0.2) is 36.4 Å². The van der Waals surface area contributed by atoms with Crippen molar-refractivity contribution in [1.29, 1.82) is 0 Å². The first kappa shape index (κ1) is 21.6. The molecule has 0 heterocycles. The Kier molecular flexibility index (Phi) is 5.64. The largest absolute Gasteiger partial charge is 0.462 e. The second-order valence-corrected chi connectivity index (χ2v) is 8.05. The number of rotatable bonds is 4. The van der Waals surface area contributed by atoms with Gasteiger partial charge in [-0.3, -0.25) is 0 Å². The quantitative estimate of drug-likeness (QED) is 0.491. The first-order valence-electron chi connectivity index (χ1n) is 9.61. The van der Waals surface area contributed by atoms with Crippen molar-refractivity contribution in [2.75, 3.05) is 20.7 Å². The van der Waals surface area contributed by atoms with Gasteiger partial charge in [0.05, 0.1) is 17.6 Å². The molecule has 0 saturated carbocycles. The van der Waals surface area contributed by atoms with Crippen molar-refractivity contribution in [1.82, 2.24) is 4.90 Å². The summed E-state index contributed by atoms with van der Waals surface area (Å²) in [5, 5.41) is 0. The zero-order valence-corrected chi connectivity index (χ0v) is 16.9. The van der Waals surface area contributed by atoms with Crippen molar-refractivity contribution in [2.24, 2.45) is 11.3 Å². The molecule has 158 valence electrons. The molecule has 7 heteroatoms. The number of alkyl halides is 3. The number of benzene rings is 1. The normalized spacial score (nSPS) is 28.7. The lowest BCUT2D eigenvalue weighted by molar-refractivity contribution is -0.214. The van der Waals surface area contributed by atoms with E-state index < -0.39 is 35.2 Å². The third-order valence-corrected chi connectivity index (χ3v) is 6.14. The average molecular weight is 411 g/mol. The van der Waals surface area contributed by atoms with E-state index in [1.807, 2.05) is 19.0 Å². The molecule has 3 rings (SSSR count). The topological polar surface area (TPSA) is 29.5 Å². The summed E-state index contributed by atoms with van der Waals surface area (Å²) in [6, 6.07) is 2.43. The zero-order valence-electron chi connectivity index (χ0n) is 16.9. The summed E-state index contributed by atoms with van der Waals surface area (Å²) in [5.74, 6) is -2.90. The van der Waals surface area contributed by atoms with Crippen molar-refractivity contribution in [3.63, 3.8) is 0 Å². The summed E-state index contributed by atoms with van der Waals surface area (Å²) < 4.78 is 61.6. The summed E-state index contributed by atoms with van der Waals surface area (Å²) in [4.78, 5) is 14.0. The van der Waals surface area contributed by atoms with Gasteiger partial charge in [0.1, 0.15) is 5.82 Å². The van der Waals surface area contributed by atoms with E-state index in [0.29, 0.717) is 17.5 Å². The maximum Gasteiger partial charge on any atom is 0.398 e. The van der Waals surface area contributed by atoms with Crippen LogP contribution in [-0.4, -0.2) is 37.7 Å². The molecule has 0 spiro atoms. The zero-order chi connectivity index (χ0) is 21.6.